The van der Waals surface area contributed by atoms with Crippen LogP contribution >= 0.6 is 0 Å². The van der Waals surface area contributed by atoms with Gasteiger partial charge in [0.2, 0.25) is 0 Å². The van der Waals surface area contributed by atoms with Crippen molar-refractivity contribution in [3.05, 3.63) is 23.8 Å². The van der Waals surface area contributed by atoms with Gasteiger partial charge in [-0.2, -0.15) is 0 Å². The van der Waals surface area contributed by atoms with Crippen molar-refractivity contribution >= 4 is 7.69 Å². The monoisotopic (exact) mass is 152 g/mol. The Morgan fingerprint density at radius 3 is 2.82 bits per heavy atom. The predicted octanol–water partition coefficient (Wildman–Crippen LogP) is 0.338. The second-order valence-corrected chi connectivity index (χ2v) is 2.22. The van der Waals surface area contributed by atoms with Crippen LogP contribution in [-0.2, 0) is 0 Å². The summed E-state index contributed by atoms with van der Waals surface area (Å²) in [5.41, 5.74) is 0.886. The smallest absolute Gasteiger partial charge is 0.504 e. The molecular weight excluding hydrogens is 143 g/mol. The molecule has 0 aliphatic rings. The number of benzene rings is 1. The molecule has 0 atom stereocenters. The Balaban J connectivity index is 2.93. The van der Waals surface area contributed by atoms with Crippen LogP contribution in [0.3, 0.4) is 0 Å². The predicted molar refractivity (Wildman–Crippen MR) is 42.8 cm³/mol. The van der Waals surface area contributed by atoms with Gasteiger partial charge in [0.1, 0.15) is 11.5 Å². The molecule has 0 aromatic heterocycles. The van der Waals surface area contributed by atoms with Crippen molar-refractivity contribution in [3.8, 4) is 11.5 Å². The van der Waals surface area contributed by atoms with Gasteiger partial charge < -0.3 is 14.8 Å². The Kier molecular flexibility index (Phi) is 2.38. The van der Waals surface area contributed by atoms with Crippen LogP contribution in [0.4, 0.5) is 0 Å². The SMILES string of the molecule is Cc1ccc(O)cc1OBO. The van der Waals surface area contributed by atoms with Gasteiger partial charge in [-0.05, 0) is 18.6 Å². The molecule has 1 aromatic carbocycles. The molecule has 0 saturated heterocycles. The van der Waals surface area contributed by atoms with Crippen molar-refractivity contribution in [2.75, 3.05) is 0 Å². The molecule has 4 heteroatoms. The highest BCUT2D eigenvalue weighted by atomic mass is 16.5. The summed E-state index contributed by atoms with van der Waals surface area (Å²) in [6, 6.07) is 4.76. The van der Waals surface area contributed by atoms with Gasteiger partial charge in [0.25, 0.3) is 0 Å². The van der Waals surface area contributed by atoms with Crippen LogP contribution < -0.4 is 4.65 Å². The van der Waals surface area contributed by atoms with Crippen molar-refractivity contribution in [2.45, 2.75) is 6.92 Å². The summed E-state index contributed by atoms with van der Waals surface area (Å²) < 4.78 is 4.81. The average Bonchev–Trinajstić information content (AvgIpc) is 1.98. The standard InChI is InChI=1S/C7H9BO3/c1-5-2-3-6(9)4-7(5)11-8-10/h2-4,8-10H,1H3. The summed E-state index contributed by atoms with van der Waals surface area (Å²) in [5.74, 6) is 0.645. The fourth-order valence-electron chi connectivity index (χ4n) is 0.814. The molecule has 0 heterocycles. The second-order valence-electron chi connectivity index (χ2n) is 2.22. The van der Waals surface area contributed by atoms with Crippen molar-refractivity contribution < 1.29 is 14.8 Å². The first kappa shape index (κ1) is 7.95. The molecule has 0 saturated carbocycles. The van der Waals surface area contributed by atoms with Crippen LogP contribution in [-0.4, -0.2) is 17.8 Å². The van der Waals surface area contributed by atoms with Crippen LogP contribution in [0.2, 0.25) is 0 Å². The molecule has 58 valence electrons. The van der Waals surface area contributed by atoms with Crippen molar-refractivity contribution in [1.29, 1.82) is 0 Å². The van der Waals surface area contributed by atoms with E-state index < -0.39 is 0 Å². The molecule has 0 amide bonds. The second kappa shape index (κ2) is 3.30. The summed E-state index contributed by atoms with van der Waals surface area (Å²) in [6.45, 7) is 1.84. The lowest BCUT2D eigenvalue weighted by Gasteiger charge is -2.05. The number of phenolic OH excluding ortho intramolecular Hbond substituents is 1. The summed E-state index contributed by atoms with van der Waals surface area (Å²) in [4.78, 5) is 0. The van der Waals surface area contributed by atoms with Gasteiger partial charge in [-0.15, -0.1) is 0 Å². The molecule has 0 radical (unpaired) electrons. The largest absolute Gasteiger partial charge is 0.538 e. The van der Waals surface area contributed by atoms with E-state index in [2.05, 4.69) is 0 Å². The molecular formula is C7H9BO3. The maximum atomic E-state index is 9.00. The summed E-state index contributed by atoms with van der Waals surface area (Å²) >= 11 is 0. The number of aryl methyl sites for hydroxylation is 1. The lowest BCUT2D eigenvalue weighted by Crippen LogP contribution is -2.00. The van der Waals surface area contributed by atoms with Crippen LogP contribution in [0.5, 0.6) is 11.5 Å². The van der Waals surface area contributed by atoms with E-state index in [4.69, 9.17) is 14.8 Å². The van der Waals surface area contributed by atoms with Gasteiger partial charge in [0.15, 0.2) is 0 Å². The van der Waals surface area contributed by atoms with E-state index >= 15 is 0 Å². The van der Waals surface area contributed by atoms with E-state index in [0.29, 0.717) is 5.75 Å². The maximum Gasteiger partial charge on any atom is 0.504 e. The minimum absolute atomic E-state index is 0.138. The minimum Gasteiger partial charge on any atom is -0.538 e. The molecule has 1 rings (SSSR count). The van der Waals surface area contributed by atoms with E-state index in [1.165, 1.54) is 6.07 Å². The van der Waals surface area contributed by atoms with Gasteiger partial charge >= 0.3 is 7.69 Å². The highest BCUT2D eigenvalue weighted by Crippen LogP contribution is 2.22. The van der Waals surface area contributed by atoms with Gasteiger partial charge in [-0.3, -0.25) is 0 Å². The van der Waals surface area contributed by atoms with Crippen LogP contribution in [0, 0.1) is 6.92 Å². The molecule has 0 aliphatic heterocycles. The van der Waals surface area contributed by atoms with Crippen molar-refractivity contribution in [2.24, 2.45) is 0 Å². The summed E-state index contributed by atoms with van der Waals surface area (Å²) in [7, 11) is -0.371. The van der Waals surface area contributed by atoms with E-state index in [0.717, 1.165) is 5.56 Å². The van der Waals surface area contributed by atoms with Gasteiger partial charge in [-0.1, -0.05) is 6.07 Å². The zero-order valence-electron chi connectivity index (χ0n) is 6.24. The average molecular weight is 152 g/mol. The van der Waals surface area contributed by atoms with Crippen LogP contribution in [0.15, 0.2) is 18.2 Å². The fraction of sp³-hybridized carbons (Fsp3) is 0.143. The van der Waals surface area contributed by atoms with Crippen LogP contribution in [0.25, 0.3) is 0 Å². The quantitative estimate of drug-likeness (QED) is 0.600. The maximum absolute atomic E-state index is 9.00. The zero-order valence-corrected chi connectivity index (χ0v) is 6.24. The Hall–Kier alpha value is -1.16. The fourth-order valence-corrected chi connectivity index (χ4v) is 0.814. The molecule has 11 heavy (non-hydrogen) atoms. The molecule has 1 aromatic rings. The molecule has 0 fully saturated rings. The zero-order chi connectivity index (χ0) is 8.27. The number of hydrogen-bond acceptors (Lipinski definition) is 3. The molecule has 2 N–H and O–H groups in total. The number of rotatable bonds is 2. The third kappa shape index (κ3) is 1.88. The Morgan fingerprint density at radius 2 is 2.18 bits per heavy atom. The third-order valence-electron chi connectivity index (χ3n) is 1.39. The summed E-state index contributed by atoms with van der Waals surface area (Å²) in [5, 5.41) is 17.4. The lowest BCUT2D eigenvalue weighted by atomic mass is 10.2. The minimum atomic E-state index is -0.371. The molecule has 0 bridgehead atoms. The highest BCUT2D eigenvalue weighted by Gasteiger charge is 1.99. The molecule has 3 nitrogen and oxygen atoms in total. The first-order valence-electron chi connectivity index (χ1n) is 3.27. The highest BCUT2D eigenvalue weighted by molar-refractivity contribution is 6.17. The van der Waals surface area contributed by atoms with Gasteiger partial charge in [-0.25, -0.2) is 0 Å². The number of hydrogen-bond donors (Lipinski definition) is 2. The van der Waals surface area contributed by atoms with Crippen molar-refractivity contribution in [1.82, 2.24) is 0 Å². The number of phenols is 1. The van der Waals surface area contributed by atoms with Gasteiger partial charge in [0, 0.05) is 6.07 Å². The summed E-state index contributed by atoms with van der Waals surface area (Å²) in [6.07, 6.45) is 0. The molecule has 0 spiro atoms. The van der Waals surface area contributed by atoms with Crippen molar-refractivity contribution in [3.63, 3.8) is 0 Å². The Labute approximate surface area is 65.6 Å². The van der Waals surface area contributed by atoms with E-state index in [-0.39, 0.29) is 13.4 Å². The van der Waals surface area contributed by atoms with Gasteiger partial charge in [0.05, 0.1) is 0 Å². The Bertz CT molecular complexity index is 249. The Morgan fingerprint density at radius 1 is 1.45 bits per heavy atom. The van der Waals surface area contributed by atoms with E-state index in [9.17, 15) is 0 Å². The normalized spacial score (nSPS) is 9.27. The van der Waals surface area contributed by atoms with E-state index in [1.54, 1.807) is 12.1 Å². The molecule has 0 unspecified atom stereocenters. The molecule has 0 aliphatic carbocycles. The lowest BCUT2D eigenvalue weighted by molar-refractivity contribution is 0.442. The third-order valence-corrected chi connectivity index (χ3v) is 1.39. The van der Waals surface area contributed by atoms with E-state index in [1.807, 2.05) is 6.92 Å². The topological polar surface area (TPSA) is 49.7 Å². The first-order chi connectivity index (χ1) is 5.24. The number of aromatic hydroxyl groups is 1. The first-order valence-corrected chi connectivity index (χ1v) is 3.27. The van der Waals surface area contributed by atoms with Crippen LogP contribution in [0.1, 0.15) is 5.56 Å².